The highest BCUT2D eigenvalue weighted by Crippen LogP contribution is 2.30. The SMILES string of the molecule is Cl.c1ccc(CN2C[C@H]3NCCc4c(-c5ccccc5)nnn4[C@H]3C2)cc1. The monoisotopic (exact) mass is 381 g/mol. The number of hydrogen-bond donors (Lipinski definition) is 1. The van der Waals surface area contributed by atoms with E-state index in [1.165, 1.54) is 11.3 Å². The van der Waals surface area contributed by atoms with Gasteiger partial charge in [-0.25, -0.2) is 4.68 Å². The summed E-state index contributed by atoms with van der Waals surface area (Å²) in [5, 5.41) is 12.9. The lowest BCUT2D eigenvalue weighted by Gasteiger charge is -2.17. The van der Waals surface area contributed by atoms with E-state index in [4.69, 9.17) is 0 Å². The molecule has 0 spiro atoms. The Bertz CT molecular complexity index is 880. The molecule has 0 aliphatic carbocycles. The summed E-state index contributed by atoms with van der Waals surface area (Å²) in [6, 6.07) is 21.9. The first-order chi connectivity index (χ1) is 12.9. The Hall–Kier alpha value is -2.21. The molecule has 1 saturated heterocycles. The first kappa shape index (κ1) is 18.2. The highest BCUT2D eigenvalue weighted by molar-refractivity contribution is 5.85. The van der Waals surface area contributed by atoms with Crippen molar-refractivity contribution in [1.29, 1.82) is 0 Å². The van der Waals surface area contributed by atoms with Crippen LogP contribution in [0.5, 0.6) is 0 Å². The van der Waals surface area contributed by atoms with Crippen molar-refractivity contribution in [2.75, 3.05) is 19.6 Å². The Morgan fingerprint density at radius 1 is 0.963 bits per heavy atom. The van der Waals surface area contributed by atoms with E-state index < -0.39 is 0 Å². The van der Waals surface area contributed by atoms with Crippen LogP contribution in [-0.2, 0) is 13.0 Å². The van der Waals surface area contributed by atoms with Crippen molar-refractivity contribution >= 4 is 12.4 Å². The second-order valence-corrected chi connectivity index (χ2v) is 7.25. The molecule has 0 unspecified atom stereocenters. The van der Waals surface area contributed by atoms with E-state index in [-0.39, 0.29) is 12.4 Å². The first-order valence-corrected chi connectivity index (χ1v) is 9.37. The highest BCUT2D eigenvalue weighted by atomic mass is 35.5. The van der Waals surface area contributed by atoms with E-state index in [1.807, 2.05) is 6.07 Å². The van der Waals surface area contributed by atoms with Gasteiger partial charge in [-0.3, -0.25) is 4.90 Å². The number of nitrogens with one attached hydrogen (secondary N) is 1. The molecule has 0 amide bonds. The second-order valence-electron chi connectivity index (χ2n) is 7.25. The van der Waals surface area contributed by atoms with Gasteiger partial charge in [0.15, 0.2) is 0 Å². The van der Waals surface area contributed by atoms with Crippen molar-refractivity contribution in [3.8, 4) is 11.3 Å². The number of fused-ring (bicyclic) bond motifs is 3. The number of hydrogen-bond acceptors (Lipinski definition) is 4. The summed E-state index contributed by atoms with van der Waals surface area (Å²) in [6.07, 6.45) is 0.975. The average Bonchev–Trinajstić information content (AvgIpc) is 3.24. The normalized spacial score (nSPS) is 21.8. The van der Waals surface area contributed by atoms with Crippen LogP contribution < -0.4 is 5.32 Å². The maximum absolute atomic E-state index is 4.58. The number of benzene rings is 2. The lowest BCUT2D eigenvalue weighted by molar-refractivity contribution is 0.308. The third kappa shape index (κ3) is 3.50. The van der Waals surface area contributed by atoms with Crippen molar-refractivity contribution in [1.82, 2.24) is 25.2 Å². The molecule has 1 aromatic heterocycles. The van der Waals surface area contributed by atoms with Gasteiger partial charge < -0.3 is 5.32 Å². The Morgan fingerprint density at radius 3 is 2.48 bits per heavy atom. The van der Waals surface area contributed by atoms with E-state index in [0.29, 0.717) is 12.1 Å². The lowest BCUT2D eigenvalue weighted by Crippen LogP contribution is -2.36. The lowest BCUT2D eigenvalue weighted by atomic mass is 10.1. The van der Waals surface area contributed by atoms with Crippen LogP contribution in [0.3, 0.4) is 0 Å². The van der Waals surface area contributed by atoms with E-state index >= 15 is 0 Å². The Kier molecular flexibility index (Phi) is 5.25. The minimum absolute atomic E-state index is 0. The molecule has 5 nitrogen and oxygen atoms in total. The van der Waals surface area contributed by atoms with E-state index in [2.05, 4.69) is 79.8 Å². The van der Waals surface area contributed by atoms with Crippen LogP contribution in [0.1, 0.15) is 17.3 Å². The summed E-state index contributed by atoms with van der Waals surface area (Å²) in [5.74, 6) is 0. The third-order valence-electron chi connectivity index (χ3n) is 5.53. The predicted octanol–water partition coefficient (Wildman–Crippen LogP) is 2.94. The zero-order valence-corrected chi connectivity index (χ0v) is 16.0. The summed E-state index contributed by atoms with van der Waals surface area (Å²) in [4.78, 5) is 2.52. The fourth-order valence-corrected chi connectivity index (χ4v) is 4.29. The van der Waals surface area contributed by atoms with E-state index in [1.54, 1.807) is 0 Å². The van der Waals surface area contributed by atoms with Crippen molar-refractivity contribution in [2.24, 2.45) is 0 Å². The molecule has 0 bridgehead atoms. The molecule has 6 heteroatoms. The molecule has 3 heterocycles. The maximum Gasteiger partial charge on any atom is 0.116 e. The molecule has 0 saturated carbocycles. The summed E-state index contributed by atoms with van der Waals surface area (Å²) in [7, 11) is 0. The molecule has 27 heavy (non-hydrogen) atoms. The van der Waals surface area contributed by atoms with Gasteiger partial charge >= 0.3 is 0 Å². The molecule has 2 aliphatic rings. The van der Waals surface area contributed by atoms with Crippen LogP contribution in [0.15, 0.2) is 60.7 Å². The molecule has 1 N–H and O–H groups in total. The number of likely N-dealkylation sites (tertiary alicyclic amines) is 1. The molecule has 0 radical (unpaired) electrons. The van der Waals surface area contributed by atoms with Crippen molar-refractivity contribution in [3.63, 3.8) is 0 Å². The maximum atomic E-state index is 4.58. The fraction of sp³-hybridized carbons (Fsp3) is 0.333. The average molecular weight is 382 g/mol. The van der Waals surface area contributed by atoms with Crippen LogP contribution in [-0.4, -0.2) is 45.6 Å². The summed E-state index contributed by atoms with van der Waals surface area (Å²) < 4.78 is 2.19. The molecule has 2 atom stereocenters. The topological polar surface area (TPSA) is 46.0 Å². The minimum Gasteiger partial charge on any atom is -0.310 e. The Balaban J connectivity index is 0.00000180. The highest BCUT2D eigenvalue weighted by Gasteiger charge is 2.37. The molecular weight excluding hydrogens is 358 g/mol. The fourth-order valence-electron chi connectivity index (χ4n) is 4.29. The van der Waals surface area contributed by atoms with Crippen molar-refractivity contribution in [2.45, 2.75) is 25.0 Å². The minimum atomic E-state index is 0. The van der Waals surface area contributed by atoms with Gasteiger partial charge in [-0.15, -0.1) is 17.5 Å². The van der Waals surface area contributed by atoms with Gasteiger partial charge in [-0.2, -0.15) is 0 Å². The number of nitrogens with zero attached hydrogens (tertiary/aromatic N) is 4. The first-order valence-electron chi connectivity index (χ1n) is 9.37. The number of rotatable bonds is 3. The quantitative estimate of drug-likeness (QED) is 0.757. The molecule has 3 aromatic rings. The van der Waals surface area contributed by atoms with Crippen LogP contribution in [0.4, 0.5) is 0 Å². The van der Waals surface area contributed by atoms with Crippen LogP contribution in [0, 0.1) is 0 Å². The van der Waals surface area contributed by atoms with Gasteiger partial charge in [0, 0.05) is 44.2 Å². The number of aromatic nitrogens is 3. The second kappa shape index (κ2) is 7.80. The third-order valence-corrected chi connectivity index (χ3v) is 5.53. The van der Waals surface area contributed by atoms with Gasteiger partial charge in [0.05, 0.1) is 11.7 Å². The van der Waals surface area contributed by atoms with Gasteiger partial charge in [-0.05, 0) is 5.56 Å². The van der Waals surface area contributed by atoms with E-state index in [9.17, 15) is 0 Å². The smallest absolute Gasteiger partial charge is 0.116 e. The Morgan fingerprint density at radius 2 is 1.70 bits per heavy atom. The predicted molar refractivity (Wildman–Crippen MR) is 109 cm³/mol. The van der Waals surface area contributed by atoms with Gasteiger partial charge in [0.25, 0.3) is 0 Å². The summed E-state index contributed by atoms with van der Waals surface area (Å²) in [5.41, 5.74) is 4.83. The van der Waals surface area contributed by atoms with Crippen LogP contribution in [0.25, 0.3) is 11.3 Å². The Labute approximate surface area is 165 Å². The zero-order valence-electron chi connectivity index (χ0n) is 15.2. The largest absolute Gasteiger partial charge is 0.310 e. The van der Waals surface area contributed by atoms with Crippen LogP contribution >= 0.6 is 12.4 Å². The van der Waals surface area contributed by atoms with Crippen LogP contribution in [0.2, 0.25) is 0 Å². The molecule has 5 rings (SSSR count). The molecule has 140 valence electrons. The molecule has 2 aliphatic heterocycles. The van der Waals surface area contributed by atoms with E-state index in [0.717, 1.165) is 43.9 Å². The molecule has 1 fully saturated rings. The van der Waals surface area contributed by atoms with Gasteiger partial charge in [0.2, 0.25) is 0 Å². The molecule has 2 aromatic carbocycles. The summed E-state index contributed by atoms with van der Waals surface area (Å²) in [6.45, 7) is 4.04. The number of halogens is 1. The molecular formula is C21H24ClN5. The zero-order chi connectivity index (χ0) is 17.3. The van der Waals surface area contributed by atoms with Gasteiger partial charge in [0.1, 0.15) is 5.69 Å². The standard InChI is InChI=1S/C21H23N5.ClH/c1-3-7-16(8-4-1)13-25-14-18-20(15-25)26-19(11-12-22-18)21(23-24-26)17-9-5-2-6-10-17;/h1-10,18,20,22H,11-15H2;1H/t18-,20+;/m1./s1. The summed E-state index contributed by atoms with van der Waals surface area (Å²) >= 11 is 0. The van der Waals surface area contributed by atoms with Gasteiger partial charge in [-0.1, -0.05) is 65.9 Å². The van der Waals surface area contributed by atoms with Crippen molar-refractivity contribution in [3.05, 3.63) is 71.9 Å². The van der Waals surface area contributed by atoms with Crippen molar-refractivity contribution < 1.29 is 0 Å².